The van der Waals surface area contributed by atoms with Crippen LogP contribution < -0.4 is 5.32 Å². The first kappa shape index (κ1) is 14.7. The van der Waals surface area contributed by atoms with Crippen LogP contribution in [0.5, 0.6) is 0 Å². The van der Waals surface area contributed by atoms with E-state index in [1.54, 1.807) is 0 Å². The minimum Gasteiger partial charge on any atom is -0.334 e. The van der Waals surface area contributed by atoms with Gasteiger partial charge in [0, 0.05) is 12.5 Å². The van der Waals surface area contributed by atoms with Gasteiger partial charge in [0.1, 0.15) is 0 Å². The topological polar surface area (TPSA) is 32.3 Å². The van der Waals surface area contributed by atoms with Gasteiger partial charge in [0.05, 0.1) is 6.54 Å². The molecule has 2 aliphatic rings. The van der Waals surface area contributed by atoms with Crippen molar-refractivity contribution in [2.24, 2.45) is 11.8 Å². The summed E-state index contributed by atoms with van der Waals surface area (Å²) in [5.41, 5.74) is 0. The van der Waals surface area contributed by atoms with Gasteiger partial charge in [-0.05, 0) is 50.6 Å². The largest absolute Gasteiger partial charge is 0.334 e. The maximum Gasteiger partial charge on any atom is 0.255 e. The molecule has 2 rings (SSSR count). The molecular formula is C14H24F2N2O. The highest BCUT2D eigenvalue weighted by atomic mass is 19.3. The first-order valence-electron chi connectivity index (χ1n) is 7.36. The van der Waals surface area contributed by atoms with Gasteiger partial charge in [0.25, 0.3) is 6.43 Å². The predicted molar refractivity (Wildman–Crippen MR) is 70.1 cm³/mol. The van der Waals surface area contributed by atoms with Crippen molar-refractivity contribution >= 4 is 5.91 Å². The quantitative estimate of drug-likeness (QED) is 0.806. The maximum absolute atomic E-state index is 12.5. The first-order chi connectivity index (χ1) is 9.08. The van der Waals surface area contributed by atoms with E-state index in [1.807, 2.05) is 0 Å². The van der Waals surface area contributed by atoms with Crippen molar-refractivity contribution in [1.82, 2.24) is 10.2 Å². The lowest BCUT2D eigenvalue weighted by Gasteiger charge is -2.30. The molecule has 1 saturated carbocycles. The van der Waals surface area contributed by atoms with Crippen LogP contribution in [0.2, 0.25) is 0 Å². The fourth-order valence-electron chi connectivity index (χ4n) is 2.96. The number of halogens is 2. The molecule has 0 spiro atoms. The Bertz CT molecular complexity index is 302. The summed E-state index contributed by atoms with van der Waals surface area (Å²) in [6.07, 6.45) is 1.96. The van der Waals surface area contributed by atoms with Crippen LogP contribution in [0.4, 0.5) is 8.78 Å². The smallest absolute Gasteiger partial charge is 0.255 e. The van der Waals surface area contributed by atoms with Gasteiger partial charge in [-0.25, -0.2) is 8.78 Å². The summed E-state index contributed by atoms with van der Waals surface area (Å²) in [7, 11) is 0. The number of hydrogen-bond acceptors (Lipinski definition) is 2. The van der Waals surface area contributed by atoms with E-state index < -0.39 is 6.43 Å². The zero-order valence-corrected chi connectivity index (χ0v) is 11.6. The van der Waals surface area contributed by atoms with Crippen LogP contribution in [-0.4, -0.2) is 42.9 Å². The summed E-state index contributed by atoms with van der Waals surface area (Å²) in [4.78, 5) is 13.6. The summed E-state index contributed by atoms with van der Waals surface area (Å²) >= 11 is 0. The lowest BCUT2D eigenvalue weighted by Crippen LogP contribution is -2.39. The predicted octanol–water partition coefficient (Wildman–Crippen LogP) is 2.27. The van der Waals surface area contributed by atoms with Gasteiger partial charge in [-0.2, -0.15) is 0 Å². The van der Waals surface area contributed by atoms with Crippen molar-refractivity contribution < 1.29 is 13.6 Å². The van der Waals surface area contributed by atoms with Crippen molar-refractivity contribution in [1.29, 1.82) is 0 Å². The summed E-state index contributed by atoms with van der Waals surface area (Å²) in [5.74, 6) is 0.778. The van der Waals surface area contributed by atoms with Crippen LogP contribution in [0.15, 0.2) is 0 Å². The molecule has 0 bridgehead atoms. The van der Waals surface area contributed by atoms with Gasteiger partial charge in [0.2, 0.25) is 5.91 Å². The van der Waals surface area contributed by atoms with E-state index in [0.29, 0.717) is 18.3 Å². The molecule has 0 aromatic heterocycles. The van der Waals surface area contributed by atoms with Crippen LogP contribution in [0, 0.1) is 11.8 Å². The molecule has 110 valence electrons. The Morgan fingerprint density at radius 2 is 1.89 bits per heavy atom. The number of carbonyl (C=O) groups excluding carboxylic acids is 1. The molecule has 1 heterocycles. The number of nitrogens with zero attached hydrogens (tertiary/aromatic N) is 1. The third kappa shape index (κ3) is 4.41. The molecule has 1 aliphatic heterocycles. The Labute approximate surface area is 113 Å². The monoisotopic (exact) mass is 274 g/mol. The number of alkyl halides is 2. The average Bonchev–Trinajstić information content (AvgIpc) is 3.21. The summed E-state index contributed by atoms with van der Waals surface area (Å²) < 4.78 is 25.0. The van der Waals surface area contributed by atoms with E-state index in [4.69, 9.17) is 0 Å². The number of nitrogens with one attached hydrogen (secondary N) is 1. The third-order valence-corrected chi connectivity index (χ3v) is 4.33. The van der Waals surface area contributed by atoms with Crippen molar-refractivity contribution in [3.05, 3.63) is 0 Å². The second kappa shape index (κ2) is 6.64. The van der Waals surface area contributed by atoms with E-state index in [0.717, 1.165) is 38.8 Å². The van der Waals surface area contributed by atoms with E-state index >= 15 is 0 Å². The Morgan fingerprint density at radius 1 is 1.26 bits per heavy atom. The second-order valence-electron chi connectivity index (χ2n) is 5.94. The van der Waals surface area contributed by atoms with Gasteiger partial charge in [-0.1, -0.05) is 6.92 Å². The molecule has 1 aliphatic carbocycles. The summed E-state index contributed by atoms with van der Waals surface area (Å²) in [5, 5.41) is 3.31. The lowest BCUT2D eigenvalue weighted by atomic mass is 9.84. The molecule has 1 N–H and O–H groups in total. The molecule has 2 fully saturated rings. The highest BCUT2D eigenvalue weighted by Crippen LogP contribution is 2.30. The average molecular weight is 274 g/mol. The number of carbonyl (C=O) groups is 1. The fraction of sp³-hybridized carbons (Fsp3) is 0.929. The Hall–Kier alpha value is -0.710. The Balaban J connectivity index is 1.83. The molecule has 1 unspecified atom stereocenters. The van der Waals surface area contributed by atoms with Gasteiger partial charge in [0.15, 0.2) is 0 Å². The molecular weight excluding hydrogens is 250 g/mol. The number of piperidine rings is 1. The van der Waals surface area contributed by atoms with Crippen molar-refractivity contribution in [3.8, 4) is 0 Å². The summed E-state index contributed by atoms with van der Waals surface area (Å²) in [6.45, 7) is 3.71. The number of amides is 1. The van der Waals surface area contributed by atoms with E-state index in [2.05, 4.69) is 12.2 Å². The zero-order valence-electron chi connectivity index (χ0n) is 11.6. The standard InChI is InChI=1S/C14H24F2N2O/c1-10(11-4-6-17-7-5-11)8-14(19)18(9-13(15)16)12-2-3-12/h10-13,17H,2-9H2,1H3. The maximum atomic E-state index is 12.5. The molecule has 3 nitrogen and oxygen atoms in total. The van der Waals surface area contributed by atoms with Gasteiger partial charge >= 0.3 is 0 Å². The molecule has 5 heteroatoms. The molecule has 0 radical (unpaired) electrons. The lowest BCUT2D eigenvalue weighted by molar-refractivity contribution is -0.135. The highest BCUT2D eigenvalue weighted by Gasteiger charge is 2.35. The van der Waals surface area contributed by atoms with Gasteiger partial charge in [-0.15, -0.1) is 0 Å². The zero-order chi connectivity index (χ0) is 13.8. The Kier molecular flexibility index (Phi) is 5.13. The molecule has 1 saturated heterocycles. The van der Waals surface area contributed by atoms with Crippen LogP contribution in [0.1, 0.15) is 39.0 Å². The van der Waals surface area contributed by atoms with Crippen LogP contribution in [0.3, 0.4) is 0 Å². The van der Waals surface area contributed by atoms with Gasteiger partial charge in [-0.3, -0.25) is 4.79 Å². The highest BCUT2D eigenvalue weighted by molar-refractivity contribution is 5.77. The van der Waals surface area contributed by atoms with E-state index in [9.17, 15) is 13.6 Å². The molecule has 1 atom stereocenters. The summed E-state index contributed by atoms with van der Waals surface area (Å²) in [6, 6.07) is 0.0849. The fourth-order valence-corrected chi connectivity index (χ4v) is 2.96. The molecule has 0 aromatic carbocycles. The first-order valence-corrected chi connectivity index (χ1v) is 7.36. The molecule has 1 amide bonds. The van der Waals surface area contributed by atoms with Crippen molar-refractivity contribution in [2.75, 3.05) is 19.6 Å². The van der Waals surface area contributed by atoms with Crippen molar-refractivity contribution in [2.45, 2.75) is 51.5 Å². The molecule has 0 aromatic rings. The number of rotatable bonds is 6. The number of hydrogen-bond donors (Lipinski definition) is 1. The normalized spacial score (nSPS) is 22.5. The van der Waals surface area contributed by atoms with Crippen LogP contribution in [0.25, 0.3) is 0 Å². The van der Waals surface area contributed by atoms with E-state index in [-0.39, 0.29) is 18.5 Å². The third-order valence-electron chi connectivity index (χ3n) is 4.33. The van der Waals surface area contributed by atoms with Gasteiger partial charge < -0.3 is 10.2 Å². The SMILES string of the molecule is CC(CC(=O)N(CC(F)F)C1CC1)C1CCNCC1. The van der Waals surface area contributed by atoms with Crippen molar-refractivity contribution in [3.63, 3.8) is 0 Å². The van der Waals surface area contributed by atoms with Crippen LogP contribution in [-0.2, 0) is 4.79 Å². The molecule has 19 heavy (non-hydrogen) atoms. The van der Waals surface area contributed by atoms with Crippen LogP contribution >= 0.6 is 0 Å². The minimum atomic E-state index is -2.42. The minimum absolute atomic E-state index is 0.0752. The second-order valence-corrected chi connectivity index (χ2v) is 5.94. The Morgan fingerprint density at radius 3 is 2.42 bits per heavy atom. The van der Waals surface area contributed by atoms with E-state index in [1.165, 1.54) is 4.90 Å².